The van der Waals surface area contributed by atoms with Crippen LogP contribution in [0.1, 0.15) is 86.8 Å². The Labute approximate surface area is 231 Å². The van der Waals surface area contributed by atoms with E-state index in [-0.39, 0.29) is 12.1 Å². The maximum absolute atomic E-state index is 5.15. The van der Waals surface area contributed by atoms with Crippen molar-refractivity contribution in [3.8, 4) is 0 Å². The molecule has 1 saturated carbocycles. The molecule has 3 rings (SSSR count). The highest BCUT2D eigenvalue weighted by molar-refractivity contribution is 5.95. The van der Waals surface area contributed by atoms with E-state index >= 15 is 0 Å². The van der Waals surface area contributed by atoms with Crippen LogP contribution in [0.2, 0.25) is 0 Å². The molecule has 2 aromatic rings. The smallest absolute Gasteiger partial charge is 0.0726 e. The number of aliphatic imine (C=N–C) groups is 2. The SMILES string of the molecule is CC(/C=C(\C)Nc1c(C)cc(C)cc1C)=N[C@@H]1CCCC[C@H]1N=C(C)/C=C(\C)Nc1c(C)cc(C)cc1C. The van der Waals surface area contributed by atoms with Crippen LogP contribution < -0.4 is 10.6 Å². The van der Waals surface area contributed by atoms with Crippen LogP contribution in [-0.2, 0) is 0 Å². The van der Waals surface area contributed by atoms with Crippen molar-refractivity contribution in [3.05, 3.63) is 81.2 Å². The molecule has 2 aromatic carbocycles. The minimum Gasteiger partial charge on any atom is -0.359 e. The molecule has 0 heterocycles. The van der Waals surface area contributed by atoms with E-state index < -0.39 is 0 Å². The van der Waals surface area contributed by atoms with E-state index in [4.69, 9.17) is 9.98 Å². The van der Waals surface area contributed by atoms with E-state index in [0.29, 0.717) is 0 Å². The third-order valence-electron chi connectivity index (χ3n) is 7.28. The number of aryl methyl sites for hydroxylation is 6. The molecule has 204 valence electrons. The first-order valence-corrected chi connectivity index (χ1v) is 14.1. The molecule has 0 spiro atoms. The summed E-state index contributed by atoms with van der Waals surface area (Å²) in [6.07, 6.45) is 8.97. The molecule has 0 amide bonds. The lowest BCUT2D eigenvalue weighted by Crippen LogP contribution is -2.28. The number of anilines is 2. The summed E-state index contributed by atoms with van der Waals surface area (Å²) in [6.45, 7) is 21.4. The summed E-state index contributed by atoms with van der Waals surface area (Å²) in [6, 6.07) is 9.37. The summed E-state index contributed by atoms with van der Waals surface area (Å²) in [4.78, 5) is 10.3. The van der Waals surface area contributed by atoms with Gasteiger partial charge in [0.2, 0.25) is 0 Å². The molecule has 1 aliphatic carbocycles. The zero-order chi connectivity index (χ0) is 28.0. The first-order valence-electron chi connectivity index (χ1n) is 14.1. The van der Waals surface area contributed by atoms with Crippen molar-refractivity contribution in [2.24, 2.45) is 9.98 Å². The third-order valence-corrected chi connectivity index (χ3v) is 7.28. The van der Waals surface area contributed by atoms with Crippen molar-refractivity contribution < 1.29 is 0 Å². The van der Waals surface area contributed by atoms with Crippen molar-refractivity contribution >= 4 is 22.8 Å². The molecule has 0 saturated heterocycles. The van der Waals surface area contributed by atoms with E-state index in [1.807, 2.05) is 0 Å². The van der Waals surface area contributed by atoms with Gasteiger partial charge >= 0.3 is 0 Å². The Bertz CT molecular complexity index is 1130. The Morgan fingerprint density at radius 1 is 0.605 bits per heavy atom. The molecule has 4 nitrogen and oxygen atoms in total. The number of hydrogen-bond donors (Lipinski definition) is 2. The van der Waals surface area contributed by atoms with Crippen LogP contribution in [0.5, 0.6) is 0 Å². The maximum Gasteiger partial charge on any atom is 0.0726 e. The zero-order valence-corrected chi connectivity index (χ0v) is 25.3. The average Bonchev–Trinajstić information content (AvgIpc) is 2.79. The molecule has 0 aromatic heterocycles. The van der Waals surface area contributed by atoms with Gasteiger partial charge in [0.05, 0.1) is 12.1 Å². The van der Waals surface area contributed by atoms with E-state index in [2.05, 4.69) is 116 Å². The fourth-order valence-corrected chi connectivity index (χ4v) is 5.84. The van der Waals surface area contributed by atoms with Gasteiger partial charge in [-0.25, -0.2) is 0 Å². The maximum atomic E-state index is 5.15. The molecule has 1 fully saturated rings. The molecule has 38 heavy (non-hydrogen) atoms. The minimum atomic E-state index is 0.230. The third kappa shape index (κ3) is 8.18. The van der Waals surface area contributed by atoms with Gasteiger partial charge in [-0.2, -0.15) is 0 Å². The molecule has 0 bridgehead atoms. The van der Waals surface area contributed by atoms with Gasteiger partial charge in [0.15, 0.2) is 0 Å². The highest BCUT2D eigenvalue weighted by Gasteiger charge is 2.24. The van der Waals surface area contributed by atoms with Crippen LogP contribution in [0.15, 0.2) is 57.8 Å². The van der Waals surface area contributed by atoms with Crippen molar-refractivity contribution in [2.45, 2.75) is 107 Å². The van der Waals surface area contributed by atoms with Crippen LogP contribution >= 0.6 is 0 Å². The molecule has 2 N–H and O–H groups in total. The van der Waals surface area contributed by atoms with Gasteiger partial charge < -0.3 is 10.6 Å². The molecule has 4 heteroatoms. The molecule has 0 radical (unpaired) electrons. The predicted octanol–water partition coefficient (Wildman–Crippen LogP) is 9.10. The lowest BCUT2D eigenvalue weighted by Gasteiger charge is -2.26. The van der Waals surface area contributed by atoms with Gasteiger partial charge in [-0.15, -0.1) is 0 Å². The Hall–Kier alpha value is -3.14. The van der Waals surface area contributed by atoms with Crippen LogP contribution in [-0.4, -0.2) is 23.5 Å². The van der Waals surface area contributed by atoms with E-state index in [1.54, 1.807) is 0 Å². The first-order chi connectivity index (χ1) is 17.9. The fourth-order valence-electron chi connectivity index (χ4n) is 5.84. The molecule has 0 unspecified atom stereocenters. The number of allylic oxidation sites excluding steroid dienone is 4. The summed E-state index contributed by atoms with van der Waals surface area (Å²) in [7, 11) is 0. The summed E-state index contributed by atoms with van der Waals surface area (Å²) in [5.41, 5.74) is 14.4. The predicted molar refractivity (Wildman–Crippen MR) is 168 cm³/mol. The Morgan fingerprint density at radius 3 is 1.24 bits per heavy atom. The van der Waals surface area contributed by atoms with Crippen LogP contribution in [0.3, 0.4) is 0 Å². The lowest BCUT2D eigenvalue weighted by atomic mass is 9.91. The van der Waals surface area contributed by atoms with Crippen molar-refractivity contribution in [2.75, 3.05) is 10.6 Å². The highest BCUT2D eigenvalue weighted by Crippen LogP contribution is 2.27. The second-order valence-electron chi connectivity index (χ2n) is 11.4. The van der Waals surface area contributed by atoms with Gasteiger partial charge in [0, 0.05) is 34.2 Å². The topological polar surface area (TPSA) is 48.8 Å². The monoisotopic (exact) mass is 512 g/mol. The minimum absolute atomic E-state index is 0.230. The Morgan fingerprint density at radius 2 is 0.921 bits per heavy atom. The standard InChI is InChI=1S/C34H48N4/c1-21-15-23(3)33(24(4)16-21)37-29(9)19-27(7)35-31-13-11-12-14-32(31)36-28(8)20-30(10)38-34-25(5)17-22(2)18-26(34)6/h15-20,31-32,37-38H,11-14H2,1-10H3/b29-19+,30-20+,35-27?,36-28?/t31-,32-/m1/s1. The Balaban J connectivity index is 1.73. The van der Waals surface area contributed by atoms with Crippen molar-refractivity contribution in [1.29, 1.82) is 0 Å². The van der Waals surface area contributed by atoms with Crippen molar-refractivity contribution in [3.63, 3.8) is 0 Å². The van der Waals surface area contributed by atoms with E-state index in [9.17, 15) is 0 Å². The quantitative estimate of drug-likeness (QED) is 0.346. The van der Waals surface area contributed by atoms with Crippen LogP contribution in [0, 0.1) is 41.5 Å². The number of hydrogen-bond acceptors (Lipinski definition) is 4. The second-order valence-corrected chi connectivity index (χ2v) is 11.4. The normalized spacial score (nSPS) is 19.5. The average molecular weight is 513 g/mol. The van der Waals surface area contributed by atoms with Gasteiger partial charge in [-0.05, 0) is 116 Å². The largest absolute Gasteiger partial charge is 0.359 e. The van der Waals surface area contributed by atoms with Gasteiger partial charge in [-0.1, -0.05) is 48.2 Å². The summed E-state index contributed by atoms with van der Waals surface area (Å²) in [5, 5.41) is 7.22. The summed E-state index contributed by atoms with van der Waals surface area (Å²) >= 11 is 0. The molecule has 1 aliphatic rings. The number of benzene rings is 2. The van der Waals surface area contributed by atoms with Crippen LogP contribution in [0.25, 0.3) is 0 Å². The number of rotatable bonds is 8. The van der Waals surface area contributed by atoms with Gasteiger partial charge in [-0.3, -0.25) is 9.98 Å². The van der Waals surface area contributed by atoms with Gasteiger partial charge in [0.25, 0.3) is 0 Å². The zero-order valence-electron chi connectivity index (χ0n) is 25.3. The Kier molecular flexibility index (Phi) is 10.1. The summed E-state index contributed by atoms with van der Waals surface area (Å²) < 4.78 is 0. The molecular formula is C34H48N4. The number of nitrogens with zero attached hydrogens (tertiary/aromatic N) is 2. The molecule has 0 aliphatic heterocycles. The highest BCUT2D eigenvalue weighted by atomic mass is 14.9. The van der Waals surface area contributed by atoms with Crippen LogP contribution in [0.4, 0.5) is 11.4 Å². The second kappa shape index (κ2) is 13.1. The first kappa shape index (κ1) is 29.4. The van der Waals surface area contributed by atoms with E-state index in [1.165, 1.54) is 57.6 Å². The summed E-state index contributed by atoms with van der Waals surface area (Å²) in [5.74, 6) is 0. The lowest BCUT2D eigenvalue weighted by molar-refractivity contribution is 0.388. The molecule has 2 atom stereocenters. The fraction of sp³-hybridized carbons (Fsp3) is 0.471. The number of nitrogens with one attached hydrogen (secondary N) is 2. The van der Waals surface area contributed by atoms with Crippen molar-refractivity contribution in [1.82, 2.24) is 0 Å². The molecular weight excluding hydrogens is 464 g/mol. The van der Waals surface area contributed by atoms with E-state index in [0.717, 1.165) is 35.7 Å². The van der Waals surface area contributed by atoms with Gasteiger partial charge in [0.1, 0.15) is 0 Å².